The fourth-order valence-corrected chi connectivity index (χ4v) is 5.36. The van der Waals surface area contributed by atoms with Gasteiger partial charge in [0.05, 0.1) is 18.8 Å². The van der Waals surface area contributed by atoms with Gasteiger partial charge in [0.2, 0.25) is 11.8 Å². The number of aromatic amines is 1. The number of nitrogens with zero attached hydrogens (tertiary/aromatic N) is 5. The highest BCUT2D eigenvalue weighted by molar-refractivity contribution is 5.92. The molecule has 8 nitrogen and oxygen atoms in total. The molecule has 1 N–H and O–H groups in total. The Morgan fingerprint density at radius 2 is 1.97 bits per heavy atom. The van der Waals surface area contributed by atoms with E-state index in [-0.39, 0.29) is 5.91 Å². The third-order valence-electron chi connectivity index (χ3n) is 7.28. The zero-order valence-corrected chi connectivity index (χ0v) is 21.9. The van der Waals surface area contributed by atoms with Crippen molar-refractivity contribution in [2.45, 2.75) is 45.4 Å². The van der Waals surface area contributed by atoms with Gasteiger partial charge >= 0.3 is 0 Å². The zero-order chi connectivity index (χ0) is 25.4. The van der Waals surface area contributed by atoms with Crippen LogP contribution in [0.3, 0.4) is 0 Å². The predicted molar refractivity (Wildman–Crippen MR) is 143 cm³/mol. The zero-order valence-electron chi connectivity index (χ0n) is 21.9. The molecular formula is C28H36N6O2. The number of carbonyl (C=O) groups is 1. The molecule has 1 aromatic carbocycles. The van der Waals surface area contributed by atoms with Crippen LogP contribution in [0.2, 0.25) is 0 Å². The number of likely N-dealkylation sites (tertiary alicyclic amines) is 1. The van der Waals surface area contributed by atoms with E-state index in [1.165, 1.54) is 16.5 Å². The van der Waals surface area contributed by atoms with Gasteiger partial charge in [0, 0.05) is 36.6 Å². The average Bonchev–Trinajstić information content (AvgIpc) is 3.49. The molecule has 0 aliphatic carbocycles. The van der Waals surface area contributed by atoms with Crippen molar-refractivity contribution in [3.8, 4) is 17.1 Å². The Labute approximate surface area is 212 Å². The fraction of sp³-hybridized carbons (Fsp3) is 0.464. The molecule has 0 bridgehead atoms. The highest BCUT2D eigenvalue weighted by Crippen LogP contribution is 2.39. The van der Waals surface area contributed by atoms with Gasteiger partial charge in [0.1, 0.15) is 6.33 Å². The highest BCUT2D eigenvalue weighted by atomic mass is 16.5. The Morgan fingerprint density at radius 3 is 2.67 bits per heavy atom. The van der Waals surface area contributed by atoms with E-state index in [9.17, 15) is 4.79 Å². The van der Waals surface area contributed by atoms with Crippen molar-refractivity contribution in [3.05, 3.63) is 47.8 Å². The van der Waals surface area contributed by atoms with Crippen LogP contribution in [0.5, 0.6) is 5.88 Å². The molecule has 0 unspecified atom stereocenters. The van der Waals surface area contributed by atoms with Crippen LogP contribution in [-0.4, -0.2) is 75.6 Å². The maximum absolute atomic E-state index is 12.1. The van der Waals surface area contributed by atoms with Gasteiger partial charge in [-0.25, -0.2) is 4.98 Å². The van der Waals surface area contributed by atoms with Crippen LogP contribution in [0.1, 0.15) is 56.6 Å². The van der Waals surface area contributed by atoms with Crippen LogP contribution in [0.15, 0.2) is 36.7 Å². The number of hydrogen-bond donors (Lipinski definition) is 1. The van der Waals surface area contributed by atoms with Crippen molar-refractivity contribution in [3.63, 3.8) is 0 Å². The highest BCUT2D eigenvalue weighted by Gasteiger charge is 2.24. The summed E-state index contributed by atoms with van der Waals surface area (Å²) in [5.74, 6) is 1.71. The van der Waals surface area contributed by atoms with Crippen LogP contribution in [0, 0.1) is 0 Å². The van der Waals surface area contributed by atoms with Gasteiger partial charge in [0.15, 0.2) is 5.65 Å². The summed E-state index contributed by atoms with van der Waals surface area (Å²) in [5.41, 5.74) is 6.78. The molecule has 190 valence electrons. The molecule has 1 fully saturated rings. The number of nitrogens with one attached hydrogen (secondary N) is 1. The maximum Gasteiger partial charge on any atom is 0.236 e. The van der Waals surface area contributed by atoms with Crippen LogP contribution in [-0.2, 0) is 4.79 Å². The van der Waals surface area contributed by atoms with Gasteiger partial charge in [0.25, 0.3) is 0 Å². The molecule has 0 saturated carbocycles. The Balaban J connectivity index is 1.47. The smallest absolute Gasteiger partial charge is 0.236 e. The number of benzene rings is 1. The first kappa shape index (κ1) is 24.3. The summed E-state index contributed by atoms with van der Waals surface area (Å²) in [4.78, 5) is 24.2. The molecule has 4 heterocycles. The number of ether oxygens (including phenoxy) is 1. The molecule has 1 amide bonds. The normalized spacial score (nSPS) is 15.3. The second kappa shape index (κ2) is 9.93. The number of carbonyl (C=O) groups excluding carboxylic acids is 1. The van der Waals surface area contributed by atoms with E-state index in [1.54, 1.807) is 15.7 Å². The number of fused-ring (bicyclic) bond motifs is 2. The largest absolute Gasteiger partial charge is 0.478 e. The molecule has 5 rings (SSSR count). The molecule has 36 heavy (non-hydrogen) atoms. The van der Waals surface area contributed by atoms with Crippen LogP contribution in [0.25, 0.3) is 27.8 Å². The molecule has 0 spiro atoms. The minimum atomic E-state index is 0.174. The Kier molecular flexibility index (Phi) is 6.71. The summed E-state index contributed by atoms with van der Waals surface area (Å²) in [5, 5.41) is 5.59. The lowest BCUT2D eigenvalue weighted by Gasteiger charge is -2.32. The number of pyridine rings is 1. The van der Waals surface area contributed by atoms with E-state index in [1.807, 2.05) is 27.1 Å². The third-order valence-corrected chi connectivity index (χ3v) is 7.28. The summed E-state index contributed by atoms with van der Waals surface area (Å²) < 4.78 is 7.61. The molecule has 8 heteroatoms. The first-order valence-corrected chi connectivity index (χ1v) is 12.9. The van der Waals surface area contributed by atoms with Gasteiger partial charge in [-0.05, 0) is 74.0 Å². The van der Waals surface area contributed by atoms with E-state index >= 15 is 0 Å². The number of piperidine rings is 1. The van der Waals surface area contributed by atoms with Crippen LogP contribution < -0.4 is 4.74 Å². The van der Waals surface area contributed by atoms with Crippen molar-refractivity contribution in [1.29, 1.82) is 0 Å². The van der Waals surface area contributed by atoms with Crippen LogP contribution >= 0.6 is 0 Å². The van der Waals surface area contributed by atoms with E-state index in [2.05, 4.69) is 58.1 Å². The molecule has 4 aromatic rings. The van der Waals surface area contributed by atoms with Crippen molar-refractivity contribution in [2.24, 2.45) is 0 Å². The maximum atomic E-state index is 12.1. The lowest BCUT2D eigenvalue weighted by Crippen LogP contribution is -2.40. The van der Waals surface area contributed by atoms with E-state index in [0.717, 1.165) is 48.4 Å². The average molecular weight is 489 g/mol. The molecule has 1 aliphatic heterocycles. The van der Waals surface area contributed by atoms with Crippen molar-refractivity contribution in [2.75, 3.05) is 40.3 Å². The van der Waals surface area contributed by atoms with E-state index in [4.69, 9.17) is 4.74 Å². The Morgan fingerprint density at radius 1 is 1.19 bits per heavy atom. The quantitative estimate of drug-likeness (QED) is 0.409. The van der Waals surface area contributed by atoms with Gasteiger partial charge in [-0.2, -0.15) is 9.61 Å². The Bertz CT molecular complexity index is 1380. The monoisotopic (exact) mass is 488 g/mol. The summed E-state index contributed by atoms with van der Waals surface area (Å²) >= 11 is 0. The molecular weight excluding hydrogens is 452 g/mol. The second-order valence-electron chi connectivity index (χ2n) is 10.3. The Hall–Kier alpha value is -3.39. The van der Waals surface area contributed by atoms with Gasteiger partial charge in [-0.1, -0.05) is 19.9 Å². The topological polar surface area (TPSA) is 78.8 Å². The number of hydrogen-bond acceptors (Lipinski definition) is 5. The summed E-state index contributed by atoms with van der Waals surface area (Å²) in [6.07, 6.45) is 3.70. The van der Waals surface area contributed by atoms with E-state index < -0.39 is 0 Å². The lowest BCUT2D eigenvalue weighted by molar-refractivity contribution is -0.130. The fourth-order valence-electron chi connectivity index (χ4n) is 5.36. The lowest BCUT2D eigenvalue weighted by atomic mass is 9.87. The van der Waals surface area contributed by atoms with Crippen molar-refractivity contribution >= 4 is 22.5 Å². The number of likely N-dealkylation sites (N-methyl/N-ethyl adjacent to an activating group) is 1. The standard InChI is InChI=1S/C28H36N6O2/c1-6-36-26-15-21(14-24-29-17-30-34(24)26)28-27(18(2)3)22-13-20(7-8-23(22)31-28)19-9-11-33(12-10-19)16-25(35)32(4)5/h7-8,13-15,17-19,31H,6,9-12,16H2,1-5H3. The predicted octanol–water partition coefficient (Wildman–Crippen LogP) is 4.67. The SMILES string of the molecule is CCOc1cc(-c2[nH]c3ccc(C4CCN(CC(=O)N(C)C)CC4)cc3c2C(C)C)cc2ncnn12. The van der Waals surface area contributed by atoms with Gasteiger partial charge in [-0.3, -0.25) is 9.69 Å². The number of H-pyrrole nitrogens is 1. The third kappa shape index (κ3) is 4.57. The molecule has 1 saturated heterocycles. The second-order valence-corrected chi connectivity index (χ2v) is 10.3. The van der Waals surface area contributed by atoms with Crippen LogP contribution in [0.4, 0.5) is 0 Å². The first-order valence-electron chi connectivity index (χ1n) is 12.9. The number of rotatable bonds is 7. The number of amides is 1. The minimum absolute atomic E-state index is 0.174. The molecule has 0 atom stereocenters. The number of aromatic nitrogens is 4. The van der Waals surface area contributed by atoms with E-state index in [0.29, 0.717) is 30.9 Å². The van der Waals surface area contributed by atoms with Gasteiger partial charge in [-0.15, -0.1) is 0 Å². The summed E-state index contributed by atoms with van der Waals surface area (Å²) in [6, 6.07) is 11.0. The summed E-state index contributed by atoms with van der Waals surface area (Å²) in [7, 11) is 3.65. The van der Waals surface area contributed by atoms with Gasteiger partial charge < -0.3 is 14.6 Å². The summed E-state index contributed by atoms with van der Waals surface area (Å²) in [6.45, 7) is 9.46. The molecule has 0 radical (unpaired) electrons. The molecule has 3 aromatic heterocycles. The van der Waals surface area contributed by atoms with Crippen molar-refractivity contribution in [1.82, 2.24) is 29.4 Å². The minimum Gasteiger partial charge on any atom is -0.478 e. The van der Waals surface area contributed by atoms with Crippen molar-refractivity contribution < 1.29 is 9.53 Å². The molecule has 1 aliphatic rings. The first-order chi connectivity index (χ1) is 17.4.